The number of amides is 1. The Balaban J connectivity index is 2.16. The zero-order valence-corrected chi connectivity index (χ0v) is 10.6. The molecule has 0 aromatic heterocycles. The Bertz CT molecular complexity index is 595. The number of halogens is 1. The number of aliphatic carboxylic acids is 1. The molecule has 1 aromatic rings. The maximum atomic E-state index is 13.0. The van der Waals surface area contributed by atoms with E-state index in [2.05, 4.69) is 5.32 Å². The van der Waals surface area contributed by atoms with Crippen LogP contribution in [-0.2, 0) is 9.59 Å². The minimum Gasteiger partial charge on any atom is -0.481 e. The summed E-state index contributed by atoms with van der Waals surface area (Å²) in [6.07, 6.45) is 1.66. The Morgan fingerprint density at radius 2 is 2.05 bits per heavy atom. The first-order valence-electron chi connectivity index (χ1n) is 6.26. The summed E-state index contributed by atoms with van der Waals surface area (Å²) in [7, 11) is 0. The largest absolute Gasteiger partial charge is 0.481 e. The van der Waals surface area contributed by atoms with E-state index in [1.807, 2.05) is 0 Å². The van der Waals surface area contributed by atoms with Gasteiger partial charge in [0.25, 0.3) is 0 Å². The highest BCUT2D eigenvalue weighted by molar-refractivity contribution is 5.96. The fourth-order valence-electron chi connectivity index (χ4n) is 2.51. The molecule has 5 nitrogen and oxygen atoms in total. The predicted molar refractivity (Wildman–Crippen MR) is 68.2 cm³/mol. The molecule has 104 valence electrons. The molecule has 1 saturated carbocycles. The number of carbonyl (C=O) groups excluding carboxylic acids is 1. The zero-order chi connectivity index (χ0) is 14.7. The number of carboxylic acids is 1. The summed E-state index contributed by atoms with van der Waals surface area (Å²) in [5, 5.41) is 20.5. The molecule has 1 amide bonds. The fraction of sp³-hybridized carbons (Fsp3) is 0.357. The van der Waals surface area contributed by atoms with Crippen LogP contribution in [0.1, 0.15) is 24.8 Å². The minimum atomic E-state index is -0.984. The topological polar surface area (TPSA) is 90.2 Å². The van der Waals surface area contributed by atoms with E-state index in [0.717, 1.165) is 12.1 Å². The van der Waals surface area contributed by atoms with Crippen LogP contribution in [0.4, 0.5) is 10.1 Å². The van der Waals surface area contributed by atoms with Crippen LogP contribution < -0.4 is 5.32 Å². The minimum absolute atomic E-state index is 0.0169. The van der Waals surface area contributed by atoms with Crippen molar-refractivity contribution in [3.8, 4) is 6.07 Å². The lowest BCUT2D eigenvalue weighted by molar-refractivity contribution is -0.145. The number of benzene rings is 1. The van der Waals surface area contributed by atoms with E-state index in [-0.39, 0.29) is 11.3 Å². The smallest absolute Gasteiger partial charge is 0.307 e. The maximum Gasteiger partial charge on any atom is 0.307 e. The van der Waals surface area contributed by atoms with Crippen molar-refractivity contribution in [3.05, 3.63) is 29.6 Å². The van der Waals surface area contributed by atoms with E-state index in [4.69, 9.17) is 10.4 Å². The number of nitrogens with one attached hydrogen (secondary N) is 1. The second-order valence-electron chi connectivity index (χ2n) is 4.77. The van der Waals surface area contributed by atoms with Gasteiger partial charge in [-0.2, -0.15) is 5.26 Å². The lowest BCUT2D eigenvalue weighted by Crippen LogP contribution is -2.30. The molecule has 2 atom stereocenters. The van der Waals surface area contributed by atoms with Crippen LogP contribution in [0.3, 0.4) is 0 Å². The van der Waals surface area contributed by atoms with E-state index in [1.165, 1.54) is 6.07 Å². The van der Waals surface area contributed by atoms with Crippen molar-refractivity contribution in [3.63, 3.8) is 0 Å². The summed E-state index contributed by atoms with van der Waals surface area (Å²) in [5.74, 6) is -3.28. The predicted octanol–water partition coefficient (Wildman–Crippen LogP) is 2.14. The molecule has 0 spiro atoms. The van der Waals surface area contributed by atoms with Gasteiger partial charge < -0.3 is 10.4 Å². The maximum absolute atomic E-state index is 13.0. The first kappa shape index (κ1) is 14.0. The molecule has 1 aliphatic carbocycles. The highest BCUT2D eigenvalue weighted by atomic mass is 19.1. The average Bonchev–Trinajstić information content (AvgIpc) is 2.90. The van der Waals surface area contributed by atoms with Gasteiger partial charge >= 0.3 is 5.97 Å². The third-order valence-electron chi connectivity index (χ3n) is 3.53. The molecule has 1 aromatic carbocycles. The molecule has 0 saturated heterocycles. The molecule has 0 heterocycles. The third kappa shape index (κ3) is 2.77. The Morgan fingerprint density at radius 3 is 2.70 bits per heavy atom. The van der Waals surface area contributed by atoms with E-state index in [1.54, 1.807) is 6.07 Å². The summed E-state index contributed by atoms with van der Waals surface area (Å²) in [4.78, 5) is 23.2. The molecule has 2 N–H and O–H groups in total. The highest BCUT2D eigenvalue weighted by Crippen LogP contribution is 2.33. The first-order chi connectivity index (χ1) is 9.52. The SMILES string of the molecule is N#Cc1cc(F)ccc1NC(=O)[C@@H]1CCC[C@@H]1C(=O)O. The molecule has 0 bridgehead atoms. The Kier molecular flexibility index (Phi) is 3.99. The Hall–Kier alpha value is -2.42. The van der Waals surface area contributed by atoms with Crippen LogP contribution in [0, 0.1) is 29.0 Å². The second-order valence-corrected chi connectivity index (χ2v) is 4.77. The lowest BCUT2D eigenvalue weighted by Gasteiger charge is -2.16. The number of rotatable bonds is 3. The van der Waals surface area contributed by atoms with Gasteiger partial charge in [0.05, 0.1) is 23.1 Å². The number of nitriles is 1. The number of hydrogen-bond acceptors (Lipinski definition) is 3. The molecule has 1 fully saturated rings. The van der Waals surface area contributed by atoms with Crippen molar-refractivity contribution in [2.24, 2.45) is 11.8 Å². The standard InChI is InChI=1S/C14H13FN2O3/c15-9-4-5-12(8(6-9)7-16)17-13(18)10-2-1-3-11(10)14(19)20/h4-6,10-11H,1-3H2,(H,17,18)(H,19,20)/t10-,11+/m1/s1. The van der Waals surface area contributed by atoms with Crippen LogP contribution in [0.15, 0.2) is 18.2 Å². The molecule has 2 rings (SSSR count). The molecule has 6 heteroatoms. The molecule has 20 heavy (non-hydrogen) atoms. The highest BCUT2D eigenvalue weighted by Gasteiger charge is 2.37. The lowest BCUT2D eigenvalue weighted by atomic mass is 9.95. The molecule has 0 unspecified atom stereocenters. The van der Waals surface area contributed by atoms with Gasteiger partial charge in [0.15, 0.2) is 0 Å². The summed E-state index contributed by atoms with van der Waals surface area (Å²) < 4.78 is 13.0. The van der Waals surface area contributed by atoms with Crippen molar-refractivity contribution in [2.75, 3.05) is 5.32 Å². The summed E-state index contributed by atoms with van der Waals surface area (Å²) >= 11 is 0. The average molecular weight is 276 g/mol. The number of carboxylic acid groups (broad SMARTS) is 1. The Labute approximate surface area is 115 Å². The fourth-order valence-corrected chi connectivity index (χ4v) is 2.51. The van der Waals surface area contributed by atoms with Gasteiger partial charge in [0, 0.05) is 0 Å². The van der Waals surface area contributed by atoms with Crippen LogP contribution in [0.25, 0.3) is 0 Å². The van der Waals surface area contributed by atoms with Crippen LogP contribution in [0.2, 0.25) is 0 Å². The Morgan fingerprint density at radius 1 is 1.35 bits per heavy atom. The van der Waals surface area contributed by atoms with Crippen molar-refractivity contribution >= 4 is 17.6 Å². The zero-order valence-electron chi connectivity index (χ0n) is 10.6. The summed E-state index contributed by atoms with van der Waals surface area (Å²) in [6, 6.07) is 5.26. The summed E-state index contributed by atoms with van der Waals surface area (Å²) in [5.41, 5.74) is 0.221. The van der Waals surface area contributed by atoms with Crippen LogP contribution in [0.5, 0.6) is 0 Å². The van der Waals surface area contributed by atoms with Gasteiger partial charge in [0.2, 0.25) is 5.91 Å². The second kappa shape index (κ2) is 5.70. The molecular weight excluding hydrogens is 263 g/mol. The van der Waals surface area contributed by atoms with Crippen LogP contribution in [-0.4, -0.2) is 17.0 Å². The van der Waals surface area contributed by atoms with E-state index in [0.29, 0.717) is 19.3 Å². The van der Waals surface area contributed by atoms with Gasteiger partial charge in [-0.15, -0.1) is 0 Å². The molecule has 1 aliphatic rings. The van der Waals surface area contributed by atoms with Crippen molar-refractivity contribution in [1.29, 1.82) is 5.26 Å². The monoisotopic (exact) mass is 276 g/mol. The summed E-state index contributed by atoms with van der Waals surface area (Å²) in [6.45, 7) is 0. The normalized spacial score (nSPS) is 21.2. The van der Waals surface area contributed by atoms with E-state index in [9.17, 15) is 14.0 Å². The first-order valence-corrected chi connectivity index (χ1v) is 6.26. The van der Waals surface area contributed by atoms with Crippen molar-refractivity contribution < 1.29 is 19.1 Å². The number of carbonyl (C=O) groups is 2. The van der Waals surface area contributed by atoms with Gasteiger partial charge in [0.1, 0.15) is 11.9 Å². The quantitative estimate of drug-likeness (QED) is 0.884. The number of nitrogens with zero attached hydrogens (tertiary/aromatic N) is 1. The molecular formula is C14H13FN2O3. The molecule has 0 aliphatic heterocycles. The number of anilines is 1. The van der Waals surface area contributed by atoms with Crippen molar-refractivity contribution in [2.45, 2.75) is 19.3 Å². The van der Waals surface area contributed by atoms with Crippen LogP contribution >= 0.6 is 0 Å². The van der Waals surface area contributed by atoms with Gasteiger partial charge in [-0.25, -0.2) is 4.39 Å². The van der Waals surface area contributed by atoms with Gasteiger partial charge in [-0.1, -0.05) is 6.42 Å². The van der Waals surface area contributed by atoms with Gasteiger partial charge in [-0.05, 0) is 31.0 Å². The van der Waals surface area contributed by atoms with Gasteiger partial charge in [-0.3, -0.25) is 9.59 Å². The number of hydrogen-bond donors (Lipinski definition) is 2. The molecule has 0 radical (unpaired) electrons. The van der Waals surface area contributed by atoms with Crippen molar-refractivity contribution in [1.82, 2.24) is 0 Å². The van der Waals surface area contributed by atoms with E-state index >= 15 is 0 Å². The third-order valence-corrected chi connectivity index (χ3v) is 3.53. The van der Waals surface area contributed by atoms with E-state index < -0.39 is 29.5 Å².